The van der Waals surface area contributed by atoms with Crippen LogP contribution < -0.4 is 15.2 Å². The summed E-state index contributed by atoms with van der Waals surface area (Å²) in [5.74, 6) is 1.09. The van der Waals surface area contributed by atoms with Crippen LogP contribution in [0.4, 0.5) is 0 Å². The van der Waals surface area contributed by atoms with E-state index in [1.54, 1.807) is 32.8 Å². The third kappa shape index (κ3) is 3.03. The highest BCUT2D eigenvalue weighted by atomic mass is 35.5. The lowest BCUT2D eigenvalue weighted by molar-refractivity contribution is 0.354. The van der Waals surface area contributed by atoms with Gasteiger partial charge in [-0.25, -0.2) is 0 Å². The van der Waals surface area contributed by atoms with E-state index in [0.29, 0.717) is 22.9 Å². The number of hydrogen-bond acceptors (Lipinski definition) is 4. The lowest BCUT2D eigenvalue weighted by atomic mass is 10.0. The molecular formula is C14H16ClNO3. The summed E-state index contributed by atoms with van der Waals surface area (Å²) in [4.78, 5) is 0. The van der Waals surface area contributed by atoms with Crippen LogP contribution in [0.1, 0.15) is 17.2 Å². The highest BCUT2D eigenvalue weighted by molar-refractivity contribution is 6.32. The molecule has 0 spiro atoms. The standard InChI is InChI=1S/C14H16ClNO3/c1-17-13-7-10(6-11(15)14(13)18-2)12(16)5-9-3-4-19-8-9/h3-4,6-8,12H,5,16H2,1-2H3. The van der Waals surface area contributed by atoms with Crippen molar-refractivity contribution in [1.82, 2.24) is 0 Å². The Balaban J connectivity index is 2.27. The van der Waals surface area contributed by atoms with Gasteiger partial charge >= 0.3 is 0 Å². The molecule has 2 N–H and O–H groups in total. The van der Waals surface area contributed by atoms with E-state index in [0.717, 1.165) is 11.1 Å². The molecule has 2 aromatic rings. The zero-order chi connectivity index (χ0) is 13.8. The molecule has 1 aromatic carbocycles. The minimum atomic E-state index is -0.185. The van der Waals surface area contributed by atoms with Crippen LogP contribution in [-0.4, -0.2) is 14.2 Å². The summed E-state index contributed by atoms with van der Waals surface area (Å²) in [5, 5.41) is 0.486. The fourth-order valence-corrected chi connectivity index (χ4v) is 2.23. The Morgan fingerprint density at radius 1 is 1.32 bits per heavy atom. The molecule has 2 rings (SSSR count). The summed E-state index contributed by atoms with van der Waals surface area (Å²) < 4.78 is 15.5. The first-order valence-corrected chi connectivity index (χ1v) is 6.21. The maximum Gasteiger partial charge on any atom is 0.179 e. The summed E-state index contributed by atoms with van der Waals surface area (Å²) >= 11 is 6.16. The first kappa shape index (κ1) is 13.8. The van der Waals surface area contributed by atoms with Gasteiger partial charge in [-0.1, -0.05) is 11.6 Å². The molecule has 1 aromatic heterocycles. The molecular weight excluding hydrogens is 266 g/mol. The minimum Gasteiger partial charge on any atom is -0.493 e. The van der Waals surface area contributed by atoms with Crippen LogP contribution in [0.3, 0.4) is 0 Å². The van der Waals surface area contributed by atoms with Gasteiger partial charge in [0.25, 0.3) is 0 Å². The number of furan rings is 1. The molecule has 5 heteroatoms. The van der Waals surface area contributed by atoms with Gasteiger partial charge in [0, 0.05) is 6.04 Å². The van der Waals surface area contributed by atoms with E-state index in [9.17, 15) is 0 Å². The molecule has 102 valence electrons. The second-order valence-corrected chi connectivity index (χ2v) is 4.59. The quantitative estimate of drug-likeness (QED) is 0.914. The van der Waals surface area contributed by atoms with Crippen LogP contribution in [-0.2, 0) is 6.42 Å². The molecule has 0 saturated heterocycles. The summed E-state index contributed by atoms with van der Waals surface area (Å²) in [6.07, 6.45) is 3.98. The summed E-state index contributed by atoms with van der Waals surface area (Å²) in [6.45, 7) is 0. The molecule has 0 aliphatic heterocycles. The lowest BCUT2D eigenvalue weighted by Crippen LogP contribution is -2.13. The molecule has 19 heavy (non-hydrogen) atoms. The fourth-order valence-electron chi connectivity index (χ4n) is 1.93. The van der Waals surface area contributed by atoms with E-state index < -0.39 is 0 Å². The zero-order valence-corrected chi connectivity index (χ0v) is 11.6. The monoisotopic (exact) mass is 281 g/mol. The van der Waals surface area contributed by atoms with Crippen molar-refractivity contribution in [2.24, 2.45) is 5.73 Å². The van der Waals surface area contributed by atoms with Crippen LogP contribution >= 0.6 is 11.6 Å². The van der Waals surface area contributed by atoms with E-state index in [-0.39, 0.29) is 6.04 Å². The maximum atomic E-state index is 6.17. The molecule has 1 heterocycles. The Morgan fingerprint density at radius 3 is 2.68 bits per heavy atom. The summed E-state index contributed by atoms with van der Waals surface area (Å²) in [6, 6.07) is 5.35. The molecule has 4 nitrogen and oxygen atoms in total. The van der Waals surface area contributed by atoms with Gasteiger partial charge in [0.2, 0.25) is 0 Å². The SMILES string of the molecule is COc1cc(C(N)Cc2ccoc2)cc(Cl)c1OC. The second-order valence-electron chi connectivity index (χ2n) is 4.18. The van der Waals surface area contributed by atoms with Crippen molar-refractivity contribution in [1.29, 1.82) is 0 Å². The Morgan fingerprint density at radius 2 is 2.11 bits per heavy atom. The van der Waals surface area contributed by atoms with E-state index in [1.807, 2.05) is 12.1 Å². The van der Waals surface area contributed by atoms with Crippen molar-refractivity contribution in [2.75, 3.05) is 14.2 Å². The number of nitrogens with two attached hydrogens (primary N) is 1. The molecule has 0 bridgehead atoms. The molecule has 0 fully saturated rings. The third-order valence-corrected chi connectivity index (χ3v) is 3.20. The van der Waals surface area contributed by atoms with Crippen LogP contribution in [0.5, 0.6) is 11.5 Å². The Labute approximate surface area is 117 Å². The highest BCUT2D eigenvalue weighted by Gasteiger charge is 2.15. The van der Waals surface area contributed by atoms with E-state index in [4.69, 9.17) is 31.2 Å². The smallest absolute Gasteiger partial charge is 0.179 e. The highest BCUT2D eigenvalue weighted by Crippen LogP contribution is 2.37. The molecule has 0 aliphatic carbocycles. The number of methoxy groups -OCH3 is 2. The lowest BCUT2D eigenvalue weighted by Gasteiger charge is -2.15. The van der Waals surface area contributed by atoms with Gasteiger partial charge in [0.05, 0.1) is 31.8 Å². The predicted molar refractivity (Wildman–Crippen MR) is 73.9 cm³/mol. The number of ether oxygens (including phenoxy) is 2. The van der Waals surface area contributed by atoms with Gasteiger partial charge in [-0.15, -0.1) is 0 Å². The first-order valence-electron chi connectivity index (χ1n) is 5.83. The maximum absolute atomic E-state index is 6.17. The Kier molecular flexibility index (Phi) is 4.35. The molecule has 0 saturated carbocycles. The van der Waals surface area contributed by atoms with Gasteiger partial charge in [-0.2, -0.15) is 0 Å². The Bertz CT molecular complexity index is 540. The van der Waals surface area contributed by atoms with Gasteiger partial charge in [0.15, 0.2) is 11.5 Å². The molecule has 0 aliphatic rings. The van der Waals surface area contributed by atoms with Crippen molar-refractivity contribution < 1.29 is 13.9 Å². The Hall–Kier alpha value is -1.65. The van der Waals surface area contributed by atoms with E-state index in [2.05, 4.69) is 0 Å². The normalized spacial score (nSPS) is 12.2. The van der Waals surface area contributed by atoms with Crippen LogP contribution in [0.15, 0.2) is 35.1 Å². The number of halogens is 1. The van der Waals surface area contributed by atoms with Crippen molar-refractivity contribution in [3.05, 3.63) is 46.9 Å². The predicted octanol–water partition coefficient (Wildman–Crippen LogP) is 3.19. The summed E-state index contributed by atoms with van der Waals surface area (Å²) in [5.41, 5.74) is 8.11. The number of hydrogen-bond donors (Lipinski definition) is 1. The van der Waals surface area contributed by atoms with Crippen LogP contribution in [0.25, 0.3) is 0 Å². The van der Waals surface area contributed by atoms with Crippen molar-refractivity contribution in [3.8, 4) is 11.5 Å². The van der Waals surface area contributed by atoms with E-state index >= 15 is 0 Å². The van der Waals surface area contributed by atoms with Crippen molar-refractivity contribution in [3.63, 3.8) is 0 Å². The average molecular weight is 282 g/mol. The molecule has 1 unspecified atom stereocenters. The number of rotatable bonds is 5. The fraction of sp³-hybridized carbons (Fsp3) is 0.286. The van der Waals surface area contributed by atoms with Crippen LogP contribution in [0.2, 0.25) is 5.02 Å². The average Bonchev–Trinajstić information content (AvgIpc) is 2.90. The topological polar surface area (TPSA) is 57.6 Å². The van der Waals surface area contributed by atoms with Gasteiger partial charge in [0.1, 0.15) is 0 Å². The van der Waals surface area contributed by atoms with Crippen molar-refractivity contribution in [2.45, 2.75) is 12.5 Å². The van der Waals surface area contributed by atoms with Crippen LogP contribution in [0, 0.1) is 0 Å². The second kappa shape index (κ2) is 5.99. The number of benzene rings is 1. The van der Waals surface area contributed by atoms with E-state index in [1.165, 1.54) is 0 Å². The van der Waals surface area contributed by atoms with Gasteiger partial charge in [-0.3, -0.25) is 0 Å². The molecule has 0 amide bonds. The van der Waals surface area contributed by atoms with Gasteiger partial charge in [-0.05, 0) is 35.7 Å². The third-order valence-electron chi connectivity index (χ3n) is 2.92. The minimum absolute atomic E-state index is 0.185. The largest absolute Gasteiger partial charge is 0.493 e. The van der Waals surface area contributed by atoms with Crippen molar-refractivity contribution >= 4 is 11.6 Å². The summed E-state index contributed by atoms with van der Waals surface area (Å²) in [7, 11) is 3.12. The molecule has 0 radical (unpaired) electrons. The van der Waals surface area contributed by atoms with Gasteiger partial charge < -0.3 is 19.6 Å². The molecule has 1 atom stereocenters. The first-order chi connectivity index (χ1) is 9.15. The zero-order valence-electron chi connectivity index (χ0n) is 10.9.